The molecule has 7 heteroatoms. The minimum atomic E-state index is -2.81. The first kappa shape index (κ1) is 26.2. The van der Waals surface area contributed by atoms with Gasteiger partial charge in [0.05, 0.1) is 6.10 Å². The van der Waals surface area contributed by atoms with E-state index in [1.807, 2.05) is 30.3 Å². The van der Waals surface area contributed by atoms with Gasteiger partial charge in [-0.1, -0.05) is 55.3 Å². The fraction of sp³-hybridized carbons (Fsp3) is 0.520. The lowest BCUT2D eigenvalue weighted by Gasteiger charge is -2.18. The number of alkyl halides is 2. The highest BCUT2D eigenvalue weighted by Gasteiger charge is 2.28. The van der Waals surface area contributed by atoms with E-state index in [0.717, 1.165) is 31.2 Å². The molecule has 2 rings (SSSR count). The Labute approximate surface area is 189 Å². The van der Waals surface area contributed by atoms with Gasteiger partial charge in [0.15, 0.2) is 0 Å². The van der Waals surface area contributed by atoms with Crippen LogP contribution in [0.5, 0.6) is 5.75 Å². The number of nitrogens with one attached hydrogen (secondary N) is 1. The van der Waals surface area contributed by atoms with E-state index in [0.29, 0.717) is 25.1 Å². The Bertz CT molecular complexity index is 743. The van der Waals surface area contributed by atoms with Crippen molar-refractivity contribution >= 4 is 0 Å². The first-order valence-corrected chi connectivity index (χ1v) is 11.2. The number of ether oxygens (including phenoxy) is 1. The van der Waals surface area contributed by atoms with Gasteiger partial charge in [-0.25, -0.2) is 8.78 Å². The average Bonchev–Trinajstić information content (AvgIpc) is 2.79. The van der Waals surface area contributed by atoms with E-state index in [1.54, 1.807) is 12.1 Å². The molecule has 0 fully saturated rings. The number of aryl methyl sites for hydroxylation is 1. The Hall–Kier alpha value is -2.06. The maximum atomic E-state index is 13.9. The van der Waals surface area contributed by atoms with Crippen LogP contribution in [0.2, 0.25) is 0 Å². The number of hydrogen-bond donors (Lipinski definition) is 4. The zero-order valence-corrected chi connectivity index (χ0v) is 18.4. The minimum Gasteiger partial charge on any atom is -0.508 e. The van der Waals surface area contributed by atoms with Crippen molar-refractivity contribution in [1.82, 2.24) is 5.32 Å². The molecule has 0 saturated carbocycles. The maximum Gasteiger partial charge on any atom is 0.271 e. The predicted molar refractivity (Wildman–Crippen MR) is 121 cm³/mol. The molecule has 5 nitrogen and oxygen atoms in total. The Balaban J connectivity index is 1.44. The summed E-state index contributed by atoms with van der Waals surface area (Å²) in [6, 6.07) is 15.4. The molecule has 0 saturated heterocycles. The van der Waals surface area contributed by atoms with Crippen molar-refractivity contribution in [2.75, 3.05) is 26.3 Å². The molecule has 0 aliphatic heterocycles. The summed E-state index contributed by atoms with van der Waals surface area (Å²) in [5.41, 5.74) is 1.45. The second kappa shape index (κ2) is 14.2. The summed E-state index contributed by atoms with van der Waals surface area (Å²) in [4.78, 5) is 0. The third kappa shape index (κ3) is 10.5. The van der Waals surface area contributed by atoms with E-state index in [-0.39, 0.29) is 18.7 Å². The standard InChI is InChI=1S/C25H35F2NO4/c26-25(27,15-14-20-8-4-3-5-9-20)19-32-17-7-2-1-6-16-28-18-23(30)24(31)21-10-12-22(29)13-11-21/h3-5,8-13,23-24,28-31H,1-2,6-7,14-19H2. The van der Waals surface area contributed by atoms with Crippen LogP contribution in [0.15, 0.2) is 54.6 Å². The molecule has 0 amide bonds. The van der Waals surface area contributed by atoms with Crippen LogP contribution in [0.25, 0.3) is 0 Å². The Morgan fingerprint density at radius 3 is 2.31 bits per heavy atom. The van der Waals surface area contributed by atoms with Gasteiger partial charge >= 0.3 is 0 Å². The van der Waals surface area contributed by atoms with Crippen molar-refractivity contribution in [3.63, 3.8) is 0 Å². The largest absolute Gasteiger partial charge is 0.508 e. The highest BCUT2D eigenvalue weighted by atomic mass is 19.3. The molecule has 0 bridgehead atoms. The summed E-state index contributed by atoms with van der Waals surface area (Å²) in [6.45, 7) is 0.732. The molecular formula is C25H35F2NO4. The number of unbranched alkanes of at least 4 members (excludes halogenated alkanes) is 3. The molecule has 32 heavy (non-hydrogen) atoms. The van der Waals surface area contributed by atoms with Gasteiger partial charge in [-0.3, -0.25) is 0 Å². The molecular weight excluding hydrogens is 416 g/mol. The monoisotopic (exact) mass is 451 g/mol. The fourth-order valence-electron chi connectivity index (χ4n) is 3.33. The third-order valence-corrected chi connectivity index (χ3v) is 5.28. The number of halogens is 2. The Morgan fingerprint density at radius 2 is 1.59 bits per heavy atom. The number of benzene rings is 2. The average molecular weight is 452 g/mol. The molecule has 2 aromatic rings. The summed E-state index contributed by atoms with van der Waals surface area (Å²) in [5.74, 6) is -2.71. The lowest BCUT2D eigenvalue weighted by Crippen LogP contribution is -2.32. The molecule has 0 aliphatic rings. The van der Waals surface area contributed by atoms with Crippen molar-refractivity contribution in [2.24, 2.45) is 0 Å². The lowest BCUT2D eigenvalue weighted by molar-refractivity contribution is -0.0822. The Kier molecular flexibility index (Phi) is 11.6. The van der Waals surface area contributed by atoms with Gasteiger partial charge in [0.25, 0.3) is 5.92 Å². The molecule has 178 valence electrons. The number of aliphatic hydroxyl groups is 2. The van der Waals surface area contributed by atoms with Crippen LogP contribution < -0.4 is 5.32 Å². The predicted octanol–water partition coefficient (Wildman–Crippen LogP) is 4.22. The summed E-state index contributed by atoms with van der Waals surface area (Å²) in [7, 11) is 0. The van der Waals surface area contributed by atoms with Crippen LogP contribution >= 0.6 is 0 Å². The van der Waals surface area contributed by atoms with Crippen molar-refractivity contribution in [1.29, 1.82) is 0 Å². The topological polar surface area (TPSA) is 82.0 Å². The van der Waals surface area contributed by atoms with Crippen LogP contribution in [0, 0.1) is 0 Å². The zero-order valence-electron chi connectivity index (χ0n) is 18.4. The lowest BCUT2D eigenvalue weighted by atomic mass is 10.0. The van der Waals surface area contributed by atoms with Gasteiger partial charge < -0.3 is 25.4 Å². The number of phenols is 1. The molecule has 2 aromatic carbocycles. The van der Waals surface area contributed by atoms with E-state index in [4.69, 9.17) is 4.74 Å². The van der Waals surface area contributed by atoms with Gasteiger partial charge in [-0.2, -0.15) is 0 Å². The van der Waals surface area contributed by atoms with Gasteiger partial charge in [0.1, 0.15) is 18.5 Å². The number of aromatic hydroxyl groups is 1. The van der Waals surface area contributed by atoms with E-state index in [2.05, 4.69) is 5.32 Å². The van der Waals surface area contributed by atoms with E-state index in [1.165, 1.54) is 12.1 Å². The van der Waals surface area contributed by atoms with E-state index >= 15 is 0 Å². The number of phenolic OH excluding ortho intramolecular Hbond substituents is 1. The van der Waals surface area contributed by atoms with Crippen LogP contribution in [-0.2, 0) is 11.2 Å². The van der Waals surface area contributed by atoms with Gasteiger partial charge in [0.2, 0.25) is 0 Å². The van der Waals surface area contributed by atoms with Crippen molar-refractivity contribution < 1.29 is 28.8 Å². The van der Waals surface area contributed by atoms with Crippen LogP contribution in [0.1, 0.15) is 49.3 Å². The number of aliphatic hydroxyl groups excluding tert-OH is 2. The number of hydrogen-bond acceptors (Lipinski definition) is 5. The maximum absolute atomic E-state index is 13.9. The second-order valence-corrected chi connectivity index (χ2v) is 8.12. The molecule has 2 atom stereocenters. The van der Waals surface area contributed by atoms with Crippen molar-refractivity contribution in [3.8, 4) is 5.75 Å². The number of rotatable bonds is 16. The van der Waals surface area contributed by atoms with E-state index < -0.39 is 24.7 Å². The summed E-state index contributed by atoms with van der Waals surface area (Å²) >= 11 is 0. The van der Waals surface area contributed by atoms with Crippen LogP contribution in [0.3, 0.4) is 0 Å². The summed E-state index contributed by atoms with van der Waals surface area (Å²) in [6.07, 6.45) is 1.59. The van der Waals surface area contributed by atoms with Gasteiger partial charge in [0, 0.05) is 19.6 Å². The molecule has 0 heterocycles. The molecule has 0 aromatic heterocycles. The highest BCUT2D eigenvalue weighted by molar-refractivity contribution is 5.27. The quantitative estimate of drug-likeness (QED) is 0.287. The fourth-order valence-corrected chi connectivity index (χ4v) is 3.33. The van der Waals surface area contributed by atoms with Crippen molar-refractivity contribution in [2.45, 2.75) is 56.7 Å². The first-order valence-electron chi connectivity index (χ1n) is 11.2. The third-order valence-electron chi connectivity index (χ3n) is 5.28. The molecule has 0 spiro atoms. The van der Waals surface area contributed by atoms with Gasteiger partial charge in [-0.05, 0) is 49.1 Å². The first-order chi connectivity index (χ1) is 15.4. The summed E-state index contributed by atoms with van der Waals surface area (Å²) in [5, 5.41) is 32.5. The minimum absolute atomic E-state index is 0.107. The zero-order chi connectivity index (χ0) is 23.2. The van der Waals surface area contributed by atoms with Crippen molar-refractivity contribution in [3.05, 3.63) is 65.7 Å². The van der Waals surface area contributed by atoms with E-state index in [9.17, 15) is 24.1 Å². The highest BCUT2D eigenvalue weighted by Crippen LogP contribution is 2.22. The Morgan fingerprint density at radius 1 is 0.906 bits per heavy atom. The smallest absolute Gasteiger partial charge is 0.271 e. The normalized spacial score (nSPS) is 13.8. The molecule has 4 N–H and O–H groups in total. The van der Waals surface area contributed by atoms with Crippen LogP contribution in [-0.4, -0.2) is 53.6 Å². The molecule has 0 radical (unpaired) electrons. The SMILES string of the molecule is Oc1ccc(C(O)C(O)CNCCCCCCOCC(F)(F)CCc2ccccc2)cc1. The molecule has 0 aliphatic carbocycles. The molecule has 2 unspecified atom stereocenters. The van der Waals surface area contributed by atoms with Gasteiger partial charge in [-0.15, -0.1) is 0 Å². The van der Waals surface area contributed by atoms with Crippen LogP contribution in [0.4, 0.5) is 8.78 Å². The summed E-state index contributed by atoms with van der Waals surface area (Å²) < 4.78 is 33.0. The second-order valence-electron chi connectivity index (χ2n) is 8.12.